The Hall–Kier alpha value is -0.850. The van der Waals surface area contributed by atoms with Gasteiger partial charge in [0.25, 0.3) is 0 Å². The highest BCUT2D eigenvalue weighted by molar-refractivity contribution is 7.47. The van der Waals surface area contributed by atoms with Gasteiger partial charge in [-0.25, -0.2) is 13.7 Å². The second-order valence-corrected chi connectivity index (χ2v) is 11.6. The summed E-state index contributed by atoms with van der Waals surface area (Å²) < 4.78 is 62.5. The van der Waals surface area contributed by atoms with Crippen LogP contribution in [0.3, 0.4) is 0 Å². The van der Waals surface area contributed by atoms with Crippen molar-refractivity contribution in [3.63, 3.8) is 0 Å². The highest BCUT2D eigenvalue weighted by Crippen LogP contribution is 2.51. The van der Waals surface area contributed by atoms with E-state index in [2.05, 4.69) is 18.1 Å². The van der Waals surface area contributed by atoms with E-state index in [1.165, 1.54) is 6.92 Å². The Morgan fingerprint density at radius 2 is 1.24 bits per heavy atom. The van der Waals surface area contributed by atoms with Crippen molar-refractivity contribution >= 4 is 35.4 Å². The summed E-state index contributed by atoms with van der Waals surface area (Å²) in [7, 11) is -16.4. The summed E-state index contributed by atoms with van der Waals surface area (Å²) in [5.74, 6) is -1.47. The molecule has 8 N–H and O–H groups in total. The Morgan fingerprint density at radius 1 is 0.737 bits per heavy atom. The van der Waals surface area contributed by atoms with Crippen LogP contribution in [-0.2, 0) is 50.9 Å². The van der Waals surface area contributed by atoms with Crippen LogP contribution in [0.1, 0.15) is 33.1 Å². The number of hydrogen-bond donors (Lipinski definition) is 8. The fraction of sp³-hybridized carbons (Fsp3) is 0.875. The predicted molar refractivity (Wildman–Crippen MR) is 119 cm³/mol. The number of aliphatic hydroxyl groups excluding tert-OH is 3. The van der Waals surface area contributed by atoms with Crippen molar-refractivity contribution in [2.75, 3.05) is 13.2 Å². The molecule has 8 atom stereocenters. The molecule has 1 aliphatic carbocycles. The van der Waals surface area contributed by atoms with E-state index in [1.807, 2.05) is 0 Å². The average molecular weight is 620 g/mol. The van der Waals surface area contributed by atoms with Gasteiger partial charge in [-0.1, -0.05) is 13.8 Å². The van der Waals surface area contributed by atoms with Gasteiger partial charge in [-0.05, 0) is 6.42 Å². The monoisotopic (exact) mass is 620 g/mol. The van der Waals surface area contributed by atoms with Crippen LogP contribution in [0.5, 0.6) is 0 Å². The Labute approximate surface area is 215 Å². The Balaban J connectivity index is 3.06. The lowest BCUT2D eigenvalue weighted by Gasteiger charge is -2.44. The van der Waals surface area contributed by atoms with Crippen molar-refractivity contribution in [3.05, 3.63) is 0 Å². The molecule has 0 spiro atoms. The van der Waals surface area contributed by atoms with E-state index in [4.69, 9.17) is 29.0 Å². The van der Waals surface area contributed by atoms with Crippen LogP contribution in [0.15, 0.2) is 0 Å². The third kappa shape index (κ3) is 12.1. The summed E-state index contributed by atoms with van der Waals surface area (Å²) >= 11 is 0. The number of ether oxygens (including phenoxy) is 2. The number of hydrogen-bond acceptors (Lipinski definition) is 14. The van der Waals surface area contributed by atoms with Gasteiger partial charge < -0.3 is 49.3 Å². The van der Waals surface area contributed by atoms with Crippen LogP contribution in [0.25, 0.3) is 0 Å². The topological polar surface area (TPSA) is 303 Å². The molecule has 1 unspecified atom stereocenters. The number of phosphoric acid groups is 3. The standard InChI is InChI=1S/C16H31O19P3/c1-3-5-10(18)30-6-8(32-9(17)4-2)7-31-38(28,29)35-14-11(19)12(20)15(33-36(22,23)24)16(13(14)21)34-37(25,26)27/h8,11-16,19-21H,3-7H2,1-2H3,(H,28,29)(H2,22,23,24)(H2,25,26,27)/t8-,11-,12+,13+,14-,15-,16-/m1/s1. The minimum Gasteiger partial charge on any atom is -0.462 e. The van der Waals surface area contributed by atoms with E-state index < -0.39 is 91.3 Å². The smallest absolute Gasteiger partial charge is 0.462 e. The zero-order chi connectivity index (χ0) is 29.5. The second kappa shape index (κ2) is 14.7. The molecular formula is C16H31O19P3. The zero-order valence-corrected chi connectivity index (χ0v) is 22.7. The summed E-state index contributed by atoms with van der Waals surface area (Å²) in [5, 5.41) is 30.9. The van der Waals surface area contributed by atoms with E-state index in [9.17, 15) is 43.5 Å². The van der Waals surface area contributed by atoms with Gasteiger partial charge in [-0.2, -0.15) is 0 Å². The molecule has 224 valence electrons. The lowest BCUT2D eigenvalue weighted by atomic mass is 9.85. The van der Waals surface area contributed by atoms with Gasteiger partial charge in [0.05, 0.1) is 6.61 Å². The van der Waals surface area contributed by atoms with Gasteiger partial charge in [0, 0.05) is 12.8 Å². The lowest BCUT2D eigenvalue weighted by Crippen LogP contribution is -2.65. The minimum absolute atomic E-state index is 0.0290. The van der Waals surface area contributed by atoms with Crippen LogP contribution in [0.2, 0.25) is 0 Å². The van der Waals surface area contributed by atoms with Gasteiger partial charge >= 0.3 is 35.4 Å². The second-order valence-electron chi connectivity index (χ2n) is 7.83. The molecule has 0 aliphatic heterocycles. The van der Waals surface area contributed by atoms with E-state index in [0.29, 0.717) is 6.42 Å². The minimum atomic E-state index is -5.56. The van der Waals surface area contributed by atoms with Gasteiger partial charge in [0.2, 0.25) is 0 Å². The first-order chi connectivity index (χ1) is 17.3. The maximum Gasteiger partial charge on any atom is 0.472 e. The first-order valence-corrected chi connectivity index (χ1v) is 15.4. The van der Waals surface area contributed by atoms with E-state index >= 15 is 0 Å². The number of phosphoric ester groups is 3. The third-order valence-electron chi connectivity index (χ3n) is 4.69. The first-order valence-electron chi connectivity index (χ1n) is 10.8. The Morgan fingerprint density at radius 3 is 1.71 bits per heavy atom. The predicted octanol–water partition coefficient (Wildman–Crippen LogP) is -1.79. The van der Waals surface area contributed by atoms with Crippen molar-refractivity contribution < 1.29 is 90.6 Å². The molecular weight excluding hydrogens is 589 g/mol. The van der Waals surface area contributed by atoms with E-state index in [-0.39, 0.29) is 12.8 Å². The molecule has 0 radical (unpaired) electrons. The number of rotatable bonds is 15. The molecule has 1 fully saturated rings. The third-order valence-corrected chi connectivity index (χ3v) is 6.71. The molecule has 1 rings (SSSR count). The fourth-order valence-electron chi connectivity index (χ4n) is 3.06. The Bertz CT molecular complexity index is 931. The summed E-state index contributed by atoms with van der Waals surface area (Å²) in [6, 6.07) is 0. The van der Waals surface area contributed by atoms with Crippen LogP contribution >= 0.6 is 23.5 Å². The molecule has 0 aromatic carbocycles. The van der Waals surface area contributed by atoms with Gasteiger partial charge in [0.15, 0.2) is 6.10 Å². The maximum absolute atomic E-state index is 12.5. The van der Waals surface area contributed by atoms with Gasteiger partial charge in [0.1, 0.15) is 43.2 Å². The highest BCUT2D eigenvalue weighted by Gasteiger charge is 2.56. The van der Waals surface area contributed by atoms with Crippen molar-refractivity contribution in [2.24, 2.45) is 0 Å². The van der Waals surface area contributed by atoms with Crippen LogP contribution in [0.4, 0.5) is 0 Å². The van der Waals surface area contributed by atoms with Crippen molar-refractivity contribution in [2.45, 2.75) is 75.8 Å². The van der Waals surface area contributed by atoms with Crippen molar-refractivity contribution in [1.29, 1.82) is 0 Å². The number of carbonyl (C=O) groups is 2. The molecule has 0 aromatic heterocycles. The molecule has 0 saturated heterocycles. The maximum atomic E-state index is 12.5. The number of carbonyl (C=O) groups excluding carboxylic acids is 2. The van der Waals surface area contributed by atoms with Gasteiger partial charge in [-0.3, -0.25) is 27.7 Å². The van der Waals surface area contributed by atoms with Crippen LogP contribution in [-0.4, -0.2) is 108 Å². The van der Waals surface area contributed by atoms with Crippen LogP contribution in [0, 0.1) is 0 Å². The van der Waals surface area contributed by atoms with E-state index in [1.54, 1.807) is 6.92 Å². The largest absolute Gasteiger partial charge is 0.472 e. The number of aliphatic hydroxyl groups is 3. The molecule has 1 saturated carbocycles. The molecule has 19 nitrogen and oxygen atoms in total. The Kier molecular flexibility index (Phi) is 13.6. The zero-order valence-electron chi connectivity index (χ0n) is 20.0. The van der Waals surface area contributed by atoms with Crippen LogP contribution < -0.4 is 0 Å². The first kappa shape index (κ1) is 35.2. The molecule has 0 heterocycles. The van der Waals surface area contributed by atoms with E-state index in [0.717, 1.165) is 0 Å². The summed E-state index contributed by atoms with van der Waals surface area (Å²) in [6.45, 7) is 1.61. The average Bonchev–Trinajstić information content (AvgIpc) is 2.78. The quantitative estimate of drug-likeness (QED) is 0.0740. The van der Waals surface area contributed by atoms with Crippen molar-refractivity contribution in [3.8, 4) is 0 Å². The van der Waals surface area contributed by atoms with Gasteiger partial charge in [-0.15, -0.1) is 0 Å². The molecule has 22 heteroatoms. The summed E-state index contributed by atoms with van der Waals surface area (Å²) in [6.07, 6.45) is -15.9. The molecule has 0 bridgehead atoms. The summed E-state index contributed by atoms with van der Waals surface area (Å²) in [4.78, 5) is 69.4. The molecule has 0 aromatic rings. The lowest BCUT2D eigenvalue weighted by molar-refractivity contribution is -0.213. The highest BCUT2D eigenvalue weighted by atomic mass is 31.2. The summed E-state index contributed by atoms with van der Waals surface area (Å²) in [5.41, 5.74) is 0. The SMILES string of the molecule is CCCC(=O)OC[C@H](COP(=O)(O)O[C@@H]1[C@H](O)[C@H](O)[C@@H](OP(=O)(O)O)[C@H](OP(=O)(O)O)[C@H]1O)OC(=O)CC. The molecule has 0 amide bonds. The van der Waals surface area contributed by atoms with Crippen molar-refractivity contribution in [1.82, 2.24) is 0 Å². The molecule has 1 aliphatic rings. The number of esters is 2. The normalized spacial score (nSPS) is 28.8. The fourth-order valence-corrected chi connectivity index (χ4v) is 5.16. The molecule has 38 heavy (non-hydrogen) atoms.